The van der Waals surface area contributed by atoms with E-state index in [-0.39, 0.29) is 23.7 Å². The van der Waals surface area contributed by atoms with Gasteiger partial charge in [-0.1, -0.05) is 39.0 Å². The van der Waals surface area contributed by atoms with Gasteiger partial charge < -0.3 is 16.0 Å². The van der Waals surface area contributed by atoms with Crippen LogP contribution in [0.5, 0.6) is 0 Å². The van der Waals surface area contributed by atoms with Crippen molar-refractivity contribution in [1.29, 1.82) is 0 Å². The number of rotatable bonds is 6. The summed E-state index contributed by atoms with van der Waals surface area (Å²) in [4.78, 5) is 26.8. The lowest BCUT2D eigenvalue weighted by Crippen LogP contribution is -2.47. The second-order valence-corrected chi connectivity index (χ2v) is 7.34. The van der Waals surface area contributed by atoms with Gasteiger partial charge in [-0.3, -0.25) is 9.59 Å². The monoisotopic (exact) mass is 323 g/mol. The first-order chi connectivity index (χ1) is 11.1. The molecule has 2 unspecified atom stereocenters. The highest BCUT2D eigenvalue weighted by Crippen LogP contribution is 2.30. The van der Waals surface area contributed by atoms with Gasteiger partial charge in [0.1, 0.15) is 0 Å². The lowest BCUT2D eigenvalue weighted by Gasteiger charge is -2.34. The summed E-state index contributed by atoms with van der Waals surface area (Å²) in [5, 5.41) is 2.85. The highest BCUT2D eigenvalue weighted by molar-refractivity contribution is 5.82. The maximum Gasteiger partial charge on any atom is 0.225 e. The molecule has 0 aromatic carbocycles. The molecule has 0 bridgehead atoms. The van der Waals surface area contributed by atoms with Crippen LogP contribution in [0, 0.1) is 17.8 Å². The Kier molecular flexibility index (Phi) is 7.34. The molecule has 1 saturated heterocycles. The Balaban J connectivity index is 1.81. The summed E-state index contributed by atoms with van der Waals surface area (Å²) in [7, 11) is 0. The van der Waals surface area contributed by atoms with Gasteiger partial charge >= 0.3 is 0 Å². The average molecular weight is 323 g/mol. The summed E-state index contributed by atoms with van der Waals surface area (Å²) in [5.74, 6) is 1.03. The Morgan fingerprint density at radius 2 is 1.91 bits per heavy atom. The predicted molar refractivity (Wildman–Crippen MR) is 91.7 cm³/mol. The fourth-order valence-electron chi connectivity index (χ4n) is 4.07. The SMILES string of the molecule is CC(CC1CCCCC1)C(=O)N1CCCC(C(=O)NCCN)C1. The number of carbonyl (C=O) groups is 2. The molecule has 0 radical (unpaired) electrons. The van der Waals surface area contributed by atoms with Crippen molar-refractivity contribution >= 4 is 11.8 Å². The molecule has 0 aromatic rings. The van der Waals surface area contributed by atoms with Gasteiger partial charge in [0, 0.05) is 32.1 Å². The Morgan fingerprint density at radius 3 is 2.61 bits per heavy atom. The predicted octanol–water partition coefficient (Wildman–Crippen LogP) is 1.91. The van der Waals surface area contributed by atoms with Crippen LogP contribution in [-0.2, 0) is 9.59 Å². The topological polar surface area (TPSA) is 75.4 Å². The van der Waals surface area contributed by atoms with Crippen molar-refractivity contribution in [3.8, 4) is 0 Å². The van der Waals surface area contributed by atoms with Crippen molar-refractivity contribution in [1.82, 2.24) is 10.2 Å². The molecule has 2 rings (SSSR count). The van der Waals surface area contributed by atoms with Crippen molar-refractivity contribution in [2.75, 3.05) is 26.2 Å². The van der Waals surface area contributed by atoms with Crippen LogP contribution in [0.15, 0.2) is 0 Å². The van der Waals surface area contributed by atoms with E-state index in [1.54, 1.807) is 0 Å². The Hall–Kier alpha value is -1.10. The molecule has 2 amide bonds. The smallest absolute Gasteiger partial charge is 0.225 e. The van der Waals surface area contributed by atoms with Crippen LogP contribution in [0.4, 0.5) is 0 Å². The van der Waals surface area contributed by atoms with E-state index in [1.165, 1.54) is 32.1 Å². The summed E-state index contributed by atoms with van der Waals surface area (Å²) in [5.41, 5.74) is 5.43. The molecule has 1 heterocycles. The van der Waals surface area contributed by atoms with E-state index in [4.69, 9.17) is 5.73 Å². The summed E-state index contributed by atoms with van der Waals surface area (Å²) in [6, 6.07) is 0. The average Bonchev–Trinajstić information content (AvgIpc) is 2.60. The number of piperidine rings is 1. The third-order valence-corrected chi connectivity index (χ3v) is 5.38. The van der Waals surface area contributed by atoms with Gasteiger partial charge in [-0.25, -0.2) is 0 Å². The van der Waals surface area contributed by atoms with Crippen LogP contribution in [0.3, 0.4) is 0 Å². The normalized spacial score (nSPS) is 24.3. The van der Waals surface area contributed by atoms with Crippen LogP contribution in [-0.4, -0.2) is 42.9 Å². The molecular weight excluding hydrogens is 290 g/mol. The largest absolute Gasteiger partial charge is 0.355 e. The molecule has 2 fully saturated rings. The molecule has 1 saturated carbocycles. The molecule has 1 aliphatic heterocycles. The van der Waals surface area contributed by atoms with E-state index in [9.17, 15) is 9.59 Å². The number of amides is 2. The molecule has 0 aromatic heterocycles. The number of hydrogen-bond donors (Lipinski definition) is 2. The first-order valence-electron chi connectivity index (χ1n) is 9.38. The van der Waals surface area contributed by atoms with E-state index in [0.717, 1.165) is 31.7 Å². The lowest BCUT2D eigenvalue weighted by atomic mass is 9.82. The van der Waals surface area contributed by atoms with Gasteiger partial charge in [0.2, 0.25) is 11.8 Å². The summed E-state index contributed by atoms with van der Waals surface area (Å²) >= 11 is 0. The van der Waals surface area contributed by atoms with Gasteiger partial charge in [-0.15, -0.1) is 0 Å². The number of nitrogens with two attached hydrogens (primary N) is 1. The van der Waals surface area contributed by atoms with Crippen LogP contribution >= 0.6 is 0 Å². The van der Waals surface area contributed by atoms with Crippen LogP contribution in [0.1, 0.15) is 58.3 Å². The van der Waals surface area contributed by atoms with E-state index in [0.29, 0.717) is 19.6 Å². The number of carbonyl (C=O) groups excluding carboxylic acids is 2. The minimum Gasteiger partial charge on any atom is -0.355 e. The van der Waals surface area contributed by atoms with E-state index < -0.39 is 0 Å². The quantitative estimate of drug-likeness (QED) is 0.784. The highest BCUT2D eigenvalue weighted by atomic mass is 16.2. The molecule has 2 atom stereocenters. The second-order valence-electron chi connectivity index (χ2n) is 7.34. The number of likely N-dealkylation sites (tertiary alicyclic amines) is 1. The standard InChI is InChI=1S/C18H33N3O2/c1-14(12-15-6-3-2-4-7-15)18(23)21-11-5-8-16(13-21)17(22)20-10-9-19/h14-16H,2-13,19H2,1H3,(H,20,22). The zero-order valence-corrected chi connectivity index (χ0v) is 14.6. The van der Waals surface area contributed by atoms with Gasteiger partial charge in [0.25, 0.3) is 0 Å². The Morgan fingerprint density at radius 1 is 1.17 bits per heavy atom. The number of nitrogens with zero attached hydrogens (tertiary/aromatic N) is 1. The lowest BCUT2D eigenvalue weighted by molar-refractivity contribution is -0.139. The molecule has 23 heavy (non-hydrogen) atoms. The van der Waals surface area contributed by atoms with Crippen molar-refractivity contribution < 1.29 is 9.59 Å². The first kappa shape index (κ1) is 18.2. The van der Waals surface area contributed by atoms with Gasteiger partial charge in [-0.05, 0) is 25.2 Å². The van der Waals surface area contributed by atoms with Gasteiger partial charge in [0.05, 0.1) is 5.92 Å². The van der Waals surface area contributed by atoms with Crippen LogP contribution < -0.4 is 11.1 Å². The highest BCUT2D eigenvalue weighted by Gasteiger charge is 2.31. The van der Waals surface area contributed by atoms with Crippen molar-refractivity contribution in [2.24, 2.45) is 23.5 Å². The zero-order chi connectivity index (χ0) is 16.7. The molecular formula is C18H33N3O2. The molecule has 3 N–H and O–H groups in total. The van der Waals surface area contributed by atoms with E-state index >= 15 is 0 Å². The third kappa shape index (κ3) is 5.48. The molecule has 2 aliphatic rings. The Bertz CT molecular complexity index is 394. The van der Waals surface area contributed by atoms with Gasteiger partial charge in [0.15, 0.2) is 0 Å². The summed E-state index contributed by atoms with van der Waals surface area (Å²) in [6.07, 6.45) is 9.35. The van der Waals surface area contributed by atoms with Crippen LogP contribution in [0.25, 0.3) is 0 Å². The van der Waals surface area contributed by atoms with Crippen LogP contribution in [0.2, 0.25) is 0 Å². The first-order valence-corrected chi connectivity index (χ1v) is 9.38. The molecule has 5 heteroatoms. The van der Waals surface area contributed by atoms with E-state index in [2.05, 4.69) is 12.2 Å². The van der Waals surface area contributed by atoms with Gasteiger partial charge in [-0.2, -0.15) is 0 Å². The number of hydrogen-bond acceptors (Lipinski definition) is 3. The summed E-state index contributed by atoms with van der Waals surface area (Å²) < 4.78 is 0. The minimum atomic E-state index is -0.0684. The van der Waals surface area contributed by atoms with Crippen molar-refractivity contribution in [3.63, 3.8) is 0 Å². The summed E-state index contributed by atoms with van der Waals surface area (Å²) in [6.45, 7) is 4.41. The molecule has 0 spiro atoms. The fourth-order valence-corrected chi connectivity index (χ4v) is 4.07. The number of nitrogens with one attached hydrogen (secondary N) is 1. The molecule has 1 aliphatic carbocycles. The fraction of sp³-hybridized carbons (Fsp3) is 0.889. The van der Waals surface area contributed by atoms with Crippen molar-refractivity contribution in [3.05, 3.63) is 0 Å². The maximum absolute atomic E-state index is 12.7. The Labute approximate surface area is 140 Å². The van der Waals surface area contributed by atoms with E-state index in [1.807, 2.05) is 4.90 Å². The zero-order valence-electron chi connectivity index (χ0n) is 14.6. The van der Waals surface area contributed by atoms with Crippen molar-refractivity contribution in [2.45, 2.75) is 58.3 Å². The minimum absolute atomic E-state index is 0.0490. The third-order valence-electron chi connectivity index (χ3n) is 5.38. The molecule has 5 nitrogen and oxygen atoms in total. The second kappa shape index (κ2) is 9.26. The molecule has 132 valence electrons. The maximum atomic E-state index is 12.7.